The maximum Gasteiger partial charge on any atom is 0.407 e. The second kappa shape index (κ2) is 14.0. The van der Waals surface area contributed by atoms with E-state index in [-0.39, 0.29) is 42.8 Å². The van der Waals surface area contributed by atoms with Crippen molar-refractivity contribution in [2.75, 3.05) is 6.61 Å². The molecule has 43 heavy (non-hydrogen) atoms. The fourth-order valence-corrected chi connectivity index (χ4v) is 4.69. The smallest absolute Gasteiger partial charge is 0.407 e. The number of pyridine rings is 1. The third kappa shape index (κ3) is 8.18. The van der Waals surface area contributed by atoms with E-state index in [2.05, 4.69) is 15.5 Å². The second-order valence-corrected chi connectivity index (χ2v) is 10.4. The first kappa shape index (κ1) is 31.2. The van der Waals surface area contributed by atoms with Crippen molar-refractivity contribution in [3.8, 4) is 11.5 Å². The van der Waals surface area contributed by atoms with E-state index in [1.54, 1.807) is 19.1 Å². The van der Waals surface area contributed by atoms with Crippen molar-refractivity contribution in [1.29, 1.82) is 0 Å². The van der Waals surface area contributed by atoms with Crippen molar-refractivity contribution >= 4 is 12.0 Å². The van der Waals surface area contributed by atoms with Crippen LogP contribution >= 0.6 is 0 Å². The van der Waals surface area contributed by atoms with Gasteiger partial charge in [-0.1, -0.05) is 32.0 Å². The highest BCUT2D eigenvalue weighted by atomic mass is 19.2. The summed E-state index contributed by atoms with van der Waals surface area (Å²) < 4.78 is 51.3. The number of carbonyl (C=O) groups is 2. The lowest BCUT2D eigenvalue weighted by Crippen LogP contribution is -2.26. The first-order chi connectivity index (χ1) is 20.5. The highest BCUT2D eigenvalue weighted by Gasteiger charge is 2.27. The molecule has 0 saturated carbocycles. The Hall–Kier alpha value is -4.74. The van der Waals surface area contributed by atoms with Crippen LogP contribution in [0, 0.1) is 30.3 Å². The van der Waals surface area contributed by atoms with E-state index in [1.165, 1.54) is 18.2 Å². The van der Waals surface area contributed by atoms with Gasteiger partial charge in [0.1, 0.15) is 5.82 Å². The molecule has 0 atom stereocenters. The Morgan fingerprint density at radius 1 is 0.953 bits per heavy atom. The number of benzene rings is 2. The largest absolute Gasteiger partial charge is 0.449 e. The number of rotatable bonds is 12. The zero-order valence-electron chi connectivity index (χ0n) is 24.0. The molecule has 0 aliphatic rings. The molecule has 0 fully saturated rings. The van der Waals surface area contributed by atoms with E-state index in [1.807, 2.05) is 13.8 Å². The van der Waals surface area contributed by atoms with Gasteiger partial charge in [-0.2, -0.15) is 0 Å². The number of nitrogens with one attached hydrogen (secondary N) is 1. The van der Waals surface area contributed by atoms with Gasteiger partial charge in [-0.15, -0.1) is 10.2 Å². The quantitative estimate of drug-likeness (QED) is 0.224. The van der Waals surface area contributed by atoms with Crippen molar-refractivity contribution in [2.24, 2.45) is 11.7 Å². The van der Waals surface area contributed by atoms with Crippen molar-refractivity contribution in [2.45, 2.75) is 53.0 Å². The molecule has 12 heteroatoms. The van der Waals surface area contributed by atoms with Gasteiger partial charge in [0.15, 0.2) is 11.6 Å². The number of aryl methyl sites for hydroxylation is 3. The minimum Gasteiger partial charge on any atom is -0.449 e. The van der Waals surface area contributed by atoms with Gasteiger partial charge in [0, 0.05) is 19.9 Å². The standard InChI is InChI=1S/C31H32F3N5O4/c1-17(2)14-26-27(29(35)40)22(12-13-42-31(41)36-16-20-6-10-23(33)24(34)15-20)28(30-39-38-18(3)43-30)25(37-26)11-7-19-4-8-21(32)9-5-19/h4-6,8-10,15,17H,7,11-14,16H2,1-3H3,(H2,35,40)(H,36,41). The van der Waals surface area contributed by atoms with E-state index >= 15 is 0 Å². The van der Waals surface area contributed by atoms with E-state index in [0.717, 1.165) is 17.7 Å². The molecule has 2 aromatic carbocycles. The van der Waals surface area contributed by atoms with Gasteiger partial charge >= 0.3 is 6.09 Å². The Labute approximate surface area is 246 Å². The monoisotopic (exact) mass is 595 g/mol. The summed E-state index contributed by atoms with van der Waals surface area (Å²) in [6, 6.07) is 9.43. The Bertz CT molecular complexity index is 1610. The summed E-state index contributed by atoms with van der Waals surface area (Å²) in [4.78, 5) is 30.1. The lowest BCUT2D eigenvalue weighted by Gasteiger charge is -2.20. The average molecular weight is 596 g/mol. The number of hydrogen-bond acceptors (Lipinski definition) is 7. The van der Waals surface area contributed by atoms with Crippen LogP contribution in [-0.4, -0.2) is 33.8 Å². The number of nitrogens with two attached hydrogens (primary N) is 1. The van der Waals surface area contributed by atoms with Crippen molar-refractivity contribution in [3.05, 3.63) is 99.4 Å². The number of primary amides is 1. The molecule has 0 radical (unpaired) electrons. The Balaban J connectivity index is 1.65. The van der Waals surface area contributed by atoms with Crippen LogP contribution in [-0.2, 0) is 37.0 Å². The maximum atomic E-state index is 13.5. The zero-order valence-corrected chi connectivity index (χ0v) is 24.0. The highest BCUT2D eigenvalue weighted by molar-refractivity contribution is 5.97. The molecule has 0 aliphatic carbocycles. The number of halogens is 3. The predicted molar refractivity (Wildman–Crippen MR) is 151 cm³/mol. The molecular weight excluding hydrogens is 563 g/mol. The molecule has 3 N–H and O–H groups in total. The zero-order chi connectivity index (χ0) is 31.1. The summed E-state index contributed by atoms with van der Waals surface area (Å²) in [7, 11) is 0. The summed E-state index contributed by atoms with van der Waals surface area (Å²) in [6.07, 6.45) is 0.619. The molecule has 2 amide bonds. The Morgan fingerprint density at radius 3 is 2.30 bits per heavy atom. The fraction of sp³-hybridized carbons (Fsp3) is 0.323. The Morgan fingerprint density at radius 2 is 1.67 bits per heavy atom. The summed E-state index contributed by atoms with van der Waals surface area (Å²) in [5.41, 5.74) is 9.24. The topological polar surface area (TPSA) is 133 Å². The second-order valence-electron chi connectivity index (χ2n) is 10.4. The SMILES string of the molecule is Cc1nnc(-c2c(CCc3ccc(F)cc3)nc(CC(C)C)c(C(N)=O)c2CCOC(=O)NCc2ccc(F)c(F)c2)o1. The van der Waals surface area contributed by atoms with E-state index in [9.17, 15) is 22.8 Å². The van der Waals surface area contributed by atoms with Crippen molar-refractivity contribution < 1.29 is 31.9 Å². The number of carbonyl (C=O) groups excluding carboxylic acids is 2. The molecule has 2 aromatic heterocycles. The van der Waals surface area contributed by atoms with Gasteiger partial charge < -0.3 is 20.2 Å². The molecule has 226 valence electrons. The Kier molecular flexibility index (Phi) is 10.1. The number of alkyl carbamates (subject to hydrolysis) is 1. The molecule has 0 aliphatic heterocycles. The molecule has 0 spiro atoms. The van der Waals surface area contributed by atoms with E-state index in [0.29, 0.717) is 53.2 Å². The highest BCUT2D eigenvalue weighted by Crippen LogP contribution is 2.32. The van der Waals surface area contributed by atoms with Gasteiger partial charge in [-0.3, -0.25) is 9.78 Å². The predicted octanol–water partition coefficient (Wildman–Crippen LogP) is 5.41. The van der Waals surface area contributed by atoms with Crippen LogP contribution in [0.1, 0.15) is 58.2 Å². The maximum absolute atomic E-state index is 13.5. The molecule has 0 unspecified atom stereocenters. The first-order valence-corrected chi connectivity index (χ1v) is 13.8. The van der Waals surface area contributed by atoms with Crippen LogP contribution < -0.4 is 11.1 Å². The number of aromatic nitrogens is 3. The van der Waals surface area contributed by atoms with Crippen LogP contribution in [0.25, 0.3) is 11.5 Å². The number of ether oxygens (including phenoxy) is 1. The normalized spacial score (nSPS) is 11.1. The van der Waals surface area contributed by atoms with Crippen LogP contribution in [0.4, 0.5) is 18.0 Å². The molecular formula is C31H32F3N5O4. The molecule has 2 heterocycles. The third-order valence-electron chi connectivity index (χ3n) is 6.61. The van der Waals surface area contributed by atoms with Gasteiger partial charge in [0.25, 0.3) is 5.91 Å². The van der Waals surface area contributed by atoms with Gasteiger partial charge in [0.2, 0.25) is 11.8 Å². The molecule has 9 nitrogen and oxygen atoms in total. The molecule has 4 rings (SSSR count). The van der Waals surface area contributed by atoms with Crippen LogP contribution in [0.5, 0.6) is 0 Å². The van der Waals surface area contributed by atoms with Gasteiger partial charge in [0.05, 0.1) is 29.1 Å². The van der Waals surface area contributed by atoms with E-state index < -0.39 is 23.6 Å². The molecule has 0 bridgehead atoms. The summed E-state index contributed by atoms with van der Waals surface area (Å²) in [6.45, 7) is 5.35. The molecule has 4 aromatic rings. The van der Waals surface area contributed by atoms with Gasteiger partial charge in [-0.05, 0) is 66.1 Å². The molecule has 0 saturated heterocycles. The first-order valence-electron chi connectivity index (χ1n) is 13.8. The number of nitrogens with zero attached hydrogens (tertiary/aromatic N) is 3. The number of amides is 2. The lowest BCUT2D eigenvalue weighted by molar-refractivity contribution is 0.0997. The average Bonchev–Trinajstić information content (AvgIpc) is 3.38. The van der Waals surface area contributed by atoms with E-state index in [4.69, 9.17) is 19.9 Å². The summed E-state index contributed by atoms with van der Waals surface area (Å²) >= 11 is 0. The van der Waals surface area contributed by atoms with Crippen molar-refractivity contribution in [1.82, 2.24) is 20.5 Å². The summed E-state index contributed by atoms with van der Waals surface area (Å²) in [5.74, 6) is -2.50. The van der Waals surface area contributed by atoms with Gasteiger partial charge in [-0.25, -0.2) is 18.0 Å². The third-order valence-corrected chi connectivity index (χ3v) is 6.61. The van der Waals surface area contributed by atoms with Crippen LogP contribution in [0.15, 0.2) is 46.9 Å². The lowest BCUT2D eigenvalue weighted by atomic mass is 9.90. The van der Waals surface area contributed by atoms with Crippen LogP contribution in [0.3, 0.4) is 0 Å². The number of hydrogen-bond donors (Lipinski definition) is 2. The van der Waals surface area contributed by atoms with Crippen molar-refractivity contribution in [3.63, 3.8) is 0 Å². The minimum atomic E-state index is -1.03. The minimum absolute atomic E-state index is 0.0603. The van der Waals surface area contributed by atoms with Crippen LogP contribution in [0.2, 0.25) is 0 Å². The fourth-order valence-electron chi connectivity index (χ4n) is 4.69. The summed E-state index contributed by atoms with van der Waals surface area (Å²) in [5, 5.41) is 10.6.